The fourth-order valence-corrected chi connectivity index (χ4v) is 3.04. The van der Waals surface area contributed by atoms with Crippen LogP contribution in [0.1, 0.15) is 32.6 Å². The van der Waals surface area contributed by atoms with Crippen LogP contribution in [0, 0.1) is 5.41 Å². The Morgan fingerprint density at radius 3 is 3.09 bits per heavy atom. The van der Waals surface area contributed by atoms with E-state index in [0.717, 1.165) is 37.0 Å². The molecule has 3 rings (SSSR count). The summed E-state index contributed by atoms with van der Waals surface area (Å²) in [5.41, 5.74) is 0.688. The third-order valence-electron chi connectivity index (χ3n) is 4.68. The first-order chi connectivity index (χ1) is 11.1. The Hall–Kier alpha value is -2.08. The van der Waals surface area contributed by atoms with Crippen molar-refractivity contribution in [2.24, 2.45) is 5.41 Å². The molecule has 0 saturated heterocycles. The van der Waals surface area contributed by atoms with Crippen molar-refractivity contribution in [3.8, 4) is 17.1 Å². The van der Waals surface area contributed by atoms with E-state index in [0.29, 0.717) is 18.4 Å². The van der Waals surface area contributed by atoms with Crippen LogP contribution in [0.4, 0.5) is 6.01 Å². The maximum Gasteiger partial charge on any atom is 0.321 e. The Labute approximate surface area is 135 Å². The van der Waals surface area contributed by atoms with Crippen LogP contribution in [-0.2, 0) is 0 Å². The molecule has 2 atom stereocenters. The summed E-state index contributed by atoms with van der Waals surface area (Å²) in [6.07, 6.45) is 3.81. The van der Waals surface area contributed by atoms with Crippen LogP contribution in [0.2, 0.25) is 0 Å². The number of hydrogen-bond acceptors (Lipinski definition) is 6. The number of aromatic nitrogens is 2. The molecular formula is C17H23N3O3. The number of nitrogens with zero attached hydrogens (tertiary/aromatic N) is 2. The number of methoxy groups -OCH3 is 1. The molecule has 0 spiro atoms. The SMILES string of the molecule is COc1cccc(-c2noc(NCC3(C)CCCCC3O)n2)c1. The van der Waals surface area contributed by atoms with Crippen molar-refractivity contribution < 1.29 is 14.4 Å². The van der Waals surface area contributed by atoms with Crippen LogP contribution in [-0.4, -0.2) is 35.0 Å². The molecule has 0 aliphatic heterocycles. The van der Waals surface area contributed by atoms with E-state index in [1.54, 1.807) is 7.11 Å². The number of benzene rings is 1. The van der Waals surface area contributed by atoms with Crippen LogP contribution in [0.25, 0.3) is 11.4 Å². The average molecular weight is 317 g/mol. The summed E-state index contributed by atoms with van der Waals surface area (Å²) >= 11 is 0. The topological polar surface area (TPSA) is 80.4 Å². The van der Waals surface area contributed by atoms with Gasteiger partial charge in [-0.15, -0.1) is 0 Å². The van der Waals surface area contributed by atoms with Crippen LogP contribution in [0.15, 0.2) is 28.8 Å². The fraction of sp³-hybridized carbons (Fsp3) is 0.529. The van der Waals surface area contributed by atoms with Gasteiger partial charge in [0, 0.05) is 17.5 Å². The molecule has 6 heteroatoms. The molecule has 6 nitrogen and oxygen atoms in total. The lowest BCUT2D eigenvalue weighted by atomic mass is 9.73. The lowest BCUT2D eigenvalue weighted by Gasteiger charge is -2.38. The second kappa shape index (κ2) is 6.58. The van der Waals surface area contributed by atoms with Crippen molar-refractivity contribution >= 4 is 6.01 Å². The fourth-order valence-electron chi connectivity index (χ4n) is 3.04. The molecule has 1 heterocycles. The standard InChI is InChI=1S/C17H23N3O3/c1-17(9-4-3-8-14(17)21)11-18-16-19-15(20-23-16)12-6-5-7-13(10-12)22-2/h5-7,10,14,21H,3-4,8-9,11H2,1-2H3,(H,18,19,20). The number of aliphatic hydroxyl groups excluding tert-OH is 1. The zero-order chi connectivity index (χ0) is 16.3. The summed E-state index contributed by atoms with van der Waals surface area (Å²) < 4.78 is 10.5. The highest BCUT2D eigenvalue weighted by Gasteiger charge is 2.35. The van der Waals surface area contributed by atoms with Gasteiger partial charge in [0.25, 0.3) is 0 Å². The predicted octanol–water partition coefficient (Wildman–Crippen LogP) is 3.10. The molecule has 0 radical (unpaired) electrons. The number of anilines is 1. The first-order valence-corrected chi connectivity index (χ1v) is 8.01. The first-order valence-electron chi connectivity index (χ1n) is 8.01. The van der Waals surface area contributed by atoms with Crippen molar-refractivity contribution in [1.82, 2.24) is 10.1 Å². The molecule has 0 bridgehead atoms. The number of rotatable bonds is 5. The Morgan fingerprint density at radius 2 is 2.30 bits per heavy atom. The summed E-state index contributed by atoms with van der Waals surface area (Å²) in [6.45, 7) is 2.72. The molecule has 23 heavy (non-hydrogen) atoms. The zero-order valence-electron chi connectivity index (χ0n) is 13.6. The van der Waals surface area contributed by atoms with E-state index in [1.807, 2.05) is 24.3 Å². The van der Waals surface area contributed by atoms with E-state index in [4.69, 9.17) is 9.26 Å². The van der Waals surface area contributed by atoms with Gasteiger partial charge in [0.15, 0.2) is 0 Å². The number of ether oxygens (including phenoxy) is 1. The molecule has 1 saturated carbocycles. The van der Waals surface area contributed by atoms with Gasteiger partial charge in [-0.1, -0.05) is 37.1 Å². The van der Waals surface area contributed by atoms with Crippen molar-refractivity contribution in [2.75, 3.05) is 19.0 Å². The zero-order valence-corrected chi connectivity index (χ0v) is 13.6. The molecule has 2 aromatic rings. The minimum absolute atomic E-state index is 0.150. The summed E-state index contributed by atoms with van der Waals surface area (Å²) in [5.74, 6) is 1.26. The number of nitrogens with one attached hydrogen (secondary N) is 1. The van der Waals surface area contributed by atoms with E-state index in [-0.39, 0.29) is 11.5 Å². The lowest BCUT2D eigenvalue weighted by Crippen LogP contribution is -2.41. The normalized spacial score (nSPS) is 24.4. The summed E-state index contributed by atoms with van der Waals surface area (Å²) in [7, 11) is 1.62. The molecule has 1 aliphatic rings. The van der Waals surface area contributed by atoms with Gasteiger partial charge in [0.1, 0.15) is 5.75 Å². The Kier molecular flexibility index (Phi) is 4.52. The second-order valence-electron chi connectivity index (χ2n) is 6.42. The molecule has 2 unspecified atom stereocenters. The van der Waals surface area contributed by atoms with E-state index in [1.165, 1.54) is 0 Å². The van der Waals surface area contributed by atoms with Gasteiger partial charge in [-0.25, -0.2) is 0 Å². The van der Waals surface area contributed by atoms with Gasteiger partial charge in [-0.05, 0) is 25.0 Å². The van der Waals surface area contributed by atoms with Gasteiger partial charge < -0.3 is 19.7 Å². The molecular weight excluding hydrogens is 294 g/mol. The van der Waals surface area contributed by atoms with E-state index in [2.05, 4.69) is 22.4 Å². The number of hydrogen-bond donors (Lipinski definition) is 2. The van der Waals surface area contributed by atoms with Gasteiger partial charge in [0.05, 0.1) is 13.2 Å². The number of aliphatic hydroxyl groups is 1. The van der Waals surface area contributed by atoms with E-state index < -0.39 is 0 Å². The van der Waals surface area contributed by atoms with Crippen molar-refractivity contribution in [3.63, 3.8) is 0 Å². The minimum atomic E-state index is -0.287. The van der Waals surface area contributed by atoms with Crippen LogP contribution < -0.4 is 10.1 Å². The quantitative estimate of drug-likeness (QED) is 0.882. The van der Waals surface area contributed by atoms with E-state index >= 15 is 0 Å². The monoisotopic (exact) mass is 317 g/mol. The van der Waals surface area contributed by atoms with Gasteiger partial charge >= 0.3 is 6.01 Å². The lowest BCUT2D eigenvalue weighted by molar-refractivity contribution is 0.00929. The van der Waals surface area contributed by atoms with Gasteiger partial charge in [0.2, 0.25) is 5.82 Å². The predicted molar refractivity (Wildman–Crippen MR) is 87.4 cm³/mol. The molecule has 1 aliphatic carbocycles. The molecule has 1 aromatic heterocycles. The highest BCUT2D eigenvalue weighted by Crippen LogP contribution is 2.36. The third-order valence-corrected chi connectivity index (χ3v) is 4.68. The highest BCUT2D eigenvalue weighted by atomic mass is 16.5. The largest absolute Gasteiger partial charge is 0.497 e. The smallest absolute Gasteiger partial charge is 0.321 e. The molecule has 0 amide bonds. The van der Waals surface area contributed by atoms with Gasteiger partial charge in [-0.3, -0.25) is 0 Å². The average Bonchev–Trinajstić information content (AvgIpc) is 3.05. The molecule has 2 N–H and O–H groups in total. The Balaban J connectivity index is 1.67. The summed E-state index contributed by atoms with van der Waals surface area (Å²) in [4.78, 5) is 4.37. The minimum Gasteiger partial charge on any atom is -0.497 e. The summed E-state index contributed by atoms with van der Waals surface area (Å²) in [6, 6.07) is 7.90. The summed E-state index contributed by atoms with van der Waals surface area (Å²) in [5, 5.41) is 17.4. The van der Waals surface area contributed by atoms with Crippen molar-refractivity contribution in [2.45, 2.75) is 38.7 Å². The maximum atomic E-state index is 10.2. The second-order valence-corrected chi connectivity index (χ2v) is 6.42. The molecule has 1 fully saturated rings. The van der Waals surface area contributed by atoms with Gasteiger partial charge in [-0.2, -0.15) is 4.98 Å². The van der Waals surface area contributed by atoms with Crippen LogP contribution >= 0.6 is 0 Å². The third kappa shape index (κ3) is 3.47. The van der Waals surface area contributed by atoms with E-state index in [9.17, 15) is 5.11 Å². The van der Waals surface area contributed by atoms with Crippen LogP contribution in [0.5, 0.6) is 5.75 Å². The maximum absolute atomic E-state index is 10.2. The van der Waals surface area contributed by atoms with Crippen molar-refractivity contribution in [3.05, 3.63) is 24.3 Å². The Morgan fingerprint density at radius 1 is 1.43 bits per heavy atom. The van der Waals surface area contributed by atoms with Crippen molar-refractivity contribution in [1.29, 1.82) is 0 Å². The Bertz CT molecular complexity index is 658. The molecule has 1 aromatic carbocycles. The first kappa shape index (κ1) is 15.8. The molecule has 124 valence electrons. The van der Waals surface area contributed by atoms with Crippen LogP contribution in [0.3, 0.4) is 0 Å². The highest BCUT2D eigenvalue weighted by molar-refractivity contribution is 5.57.